The molecular formula is C21H33N3O2. The maximum atomic E-state index is 12.3. The number of phenols is 1. The summed E-state index contributed by atoms with van der Waals surface area (Å²) in [4.78, 5) is 16.8. The number of piperazine rings is 1. The Morgan fingerprint density at radius 2 is 1.73 bits per heavy atom. The fourth-order valence-electron chi connectivity index (χ4n) is 4.13. The average Bonchev–Trinajstić information content (AvgIpc) is 2.68. The molecule has 0 radical (unpaired) electrons. The van der Waals surface area contributed by atoms with Gasteiger partial charge in [-0.1, -0.05) is 31.4 Å². The van der Waals surface area contributed by atoms with E-state index in [4.69, 9.17) is 0 Å². The highest BCUT2D eigenvalue weighted by atomic mass is 16.3. The van der Waals surface area contributed by atoms with Gasteiger partial charge in [0.15, 0.2) is 0 Å². The third-order valence-corrected chi connectivity index (χ3v) is 5.76. The van der Waals surface area contributed by atoms with Crippen LogP contribution in [0.4, 0.5) is 4.79 Å². The van der Waals surface area contributed by atoms with Crippen molar-refractivity contribution < 1.29 is 9.90 Å². The fourth-order valence-corrected chi connectivity index (χ4v) is 4.13. The lowest BCUT2D eigenvalue weighted by Crippen LogP contribution is -2.52. The first-order chi connectivity index (χ1) is 12.7. The van der Waals surface area contributed by atoms with Crippen LogP contribution in [0.3, 0.4) is 0 Å². The number of nitrogens with one attached hydrogen (secondary N) is 1. The minimum absolute atomic E-state index is 0.0769. The SMILES string of the molecule is O=C(NCCCc1ccc(O)cc1)N1CCN(CC2CCCCC2)CC1. The minimum atomic E-state index is 0.0769. The zero-order valence-corrected chi connectivity index (χ0v) is 15.8. The summed E-state index contributed by atoms with van der Waals surface area (Å²) in [7, 11) is 0. The number of hydrogen-bond donors (Lipinski definition) is 2. The molecule has 2 aliphatic rings. The Labute approximate surface area is 157 Å². The van der Waals surface area contributed by atoms with E-state index in [9.17, 15) is 9.90 Å². The van der Waals surface area contributed by atoms with Gasteiger partial charge in [-0.15, -0.1) is 0 Å². The highest BCUT2D eigenvalue weighted by Gasteiger charge is 2.23. The van der Waals surface area contributed by atoms with Gasteiger partial charge in [0.05, 0.1) is 0 Å². The molecule has 1 aromatic rings. The Hall–Kier alpha value is -1.75. The van der Waals surface area contributed by atoms with Gasteiger partial charge in [-0.3, -0.25) is 4.90 Å². The monoisotopic (exact) mass is 359 g/mol. The largest absolute Gasteiger partial charge is 0.508 e. The van der Waals surface area contributed by atoms with E-state index in [-0.39, 0.29) is 6.03 Å². The van der Waals surface area contributed by atoms with E-state index in [0.29, 0.717) is 12.3 Å². The molecule has 1 saturated carbocycles. The predicted octanol–water partition coefficient (Wildman–Crippen LogP) is 3.23. The summed E-state index contributed by atoms with van der Waals surface area (Å²) < 4.78 is 0. The van der Waals surface area contributed by atoms with Crippen molar-refractivity contribution in [3.05, 3.63) is 29.8 Å². The Morgan fingerprint density at radius 3 is 2.42 bits per heavy atom. The maximum absolute atomic E-state index is 12.3. The van der Waals surface area contributed by atoms with Gasteiger partial charge < -0.3 is 15.3 Å². The first-order valence-electron chi connectivity index (χ1n) is 10.2. The quantitative estimate of drug-likeness (QED) is 0.767. The van der Waals surface area contributed by atoms with E-state index in [1.54, 1.807) is 12.1 Å². The molecule has 1 aliphatic heterocycles. The van der Waals surface area contributed by atoms with Gasteiger partial charge in [0.25, 0.3) is 0 Å². The average molecular weight is 360 g/mol. The molecule has 0 aromatic heterocycles. The maximum Gasteiger partial charge on any atom is 0.317 e. The first-order valence-corrected chi connectivity index (χ1v) is 10.2. The lowest BCUT2D eigenvalue weighted by molar-refractivity contribution is 0.119. The Morgan fingerprint density at radius 1 is 1.04 bits per heavy atom. The second-order valence-corrected chi connectivity index (χ2v) is 7.79. The molecule has 0 bridgehead atoms. The van der Waals surface area contributed by atoms with Crippen molar-refractivity contribution in [1.82, 2.24) is 15.1 Å². The van der Waals surface area contributed by atoms with Crippen molar-refractivity contribution in [3.8, 4) is 5.75 Å². The van der Waals surface area contributed by atoms with Crippen molar-refractivity contribution in [2.24, 2.45) is 5.92 Å². The van der Waals surface area contributed by atoms with Crippen LogP contribution in [0.1, 0.15) is 44.1 Å². The van der Waals surface area contributed by atoms with Crippen LogP contribution >= 0.6 is 0 Å². The molecule has 1 aromatic carbocycles. The molecular weight excluding hydrogens is 326 g/mol. The summed E-state index contributed by atoms with van der Waals surface area (Å²) in [6, 6.07) is 7.36. The molecule has 144 valence electrons. The standard InChI is InChI=1S/C21H33N3O2/c25-20-10-8-18(9-11-20)7-4-12-22-21(26)24-15-13-23(14-16-24)17-19-5-2-1-3-6-19/h8-11,19,25H,1-7,12-17H2,(H,22,26). The smallest absolute Gasteiger partial charge is 0.317 e. The molecule has 5 heteroatoms. The summed E-state index contributed by atoms with van der Waals surface area (Å²) in [6.07, 6.45) is 8.82. The van der Waals surface area contributed by atoms with Crippen molar-refractivity contribution in [2.75, 3.05) is 39.3 Å². The number of carbonyl (C=O) groups excluding carboxylic acids is 1. The van der Waals surface area contributed by atoms with E-state index in [1.807, 2.05) is 17.0 Å². The number of aryl methyl sites for hydroxylation is 1. The van der Waals surface area contributed by atoms with Crippen molar-refractivity contribution in [1.29, 1.82) is 0 Å². The minimum Gasteiger partial charge on any atom is -0.508 e. The van der Waals surface area contributed by atoms with Crippen LogP contribution in [0.5, 0.6) is 5.75 Å². The molecule has 3 rings (SSSR count). The van der Waals surface area contributed by atoms with Crippen LogP contribution in [0, 0.1) is 5.92 Å². The molecule has 2 N–H and O–H groups in total. The van der Waals surface area contributed by atoms with Crippen molar-refractivity contribution in [3.63, 3.8) is 0 Å². The second kappa shape index (κ2) is 9.81. The number of amides is 2. The van der Waals surface area contributed by atoms with E-state index in [2.05, 4.69) is 10.2 Å². The summed E-state index contributed by atoms with van der Waals surface area (Å²) in [5, 5.41) is 12.3. The molecule has 26 heavy (non-hydrogen) atoms. The molecule has 0 atom stereocenters. The molecule has 1 heterocycles. The normalized spacial score (nSPS) is 19.5. The van der Waals surface area contributed by atoms with E-state index >= 15 is 0 Å². The lowest BCUT2D eigenvalue weighted by atomic mass is 9.89. The zero-order valence-electron chi connectivity index (χ0n) is 15.8. The third-order valence-electron chi connectivity index (χ3n) is 5.76. The van der Waals surface area contributed by atoms with E-state index < -0.39 is 0 Å². The topological polar surface area (TPSA) is 55.8 Å². The first kappa shape index (κ1) is 19.0. The summed E-state index contributed by atoms with van der Waals surface area (Å²) >= 11 is 0. The van der Waals surface area contributed by atoms with Gasteiger partial charge in [-0.2, -0.15) is 0 Å². The molecule has 0 unspecified atom stereocenters. The number of phenolic OH excluding ortho intramolecular Hbond substituents is 1. The number of rotatable bonds is 6. The van der Waals surface area contributed by atoms with E-state index in [1.165, 1.54) is 44.2 Å². The van der Waals surface area contributed by atoms with Crippen LogP contribution in [-0.4, -0.2) is 60.2 Å². The number of carbonyl (C=O) groups is 1. The summed E-state index contributed by atoms with van der Waals surface area (Å²) in [5.41, 5.74) is 1.19. The number of aromatic hydroxyl groups is 1. The van der Waals surface area contributed by atoms with Gasteiger partial charge >= 0.3 is 6.03 Å². The van der Waals surface area contributed by atoms with E-state index in [0.717, 1.165) is 44.9 Å². The Bertz CT molecular complexity index is 547. The van der Waals surface area contributed by atoms with Crippen molar-refractivity contribution in [2.45, 2.75) is 44.9 Å². The number of benzene rings is 1. The van der Waals surface area contributed by atoms with Crippen LogP contribution < -0.4 is 5.32 Å². The molecule has 2 fully saturated rings. The molecule has 0 spiro atoms. The van der Waals surface area contributed by atoms with Crippen LogP contribution in [0.25, 0.3) is 0 Å². The molecule has 5 nitrogen and oxygen atoms in total. The zero-order chi connectivity index (χ0) is 18.2. The van der Waals surface area contributed by atoms with Gasteiger partial charge in [0.1, 0.15) is 5.75 Å². The lowest BCUT2D eigenvalue weighted by Gasteiger charge is -2.37. The highest BCUT2D eigenvalue weighted by molar-refractivity contribution is 5.74. The number of nitrogens with zero attached hydrogens (tertiary/aromatic N) is 2. The summed E-state index contributed by atoms with van der Waals surface area (Å²) in [6.45, 7) is 5.63. The van der Waals surface area contributed by atoms with Gasteiger partial charge in [-0.05, 0) is 49.3 Å². The predicted molar refractivity (Wildman–Crippen MR) is 104 cm³/mol. The second-order valence-electron chi connectivity index (χ2n) is 7.79. The van der Waals surface area contributed by atoms with Crippen LogP contribution in [0.15, 0.2) is 24.3 Å². The van der Waals surface area contributed by atoms with Gasteiger partial charge in [0.2, 0.25) is 0 Å². The highest BCUT2D eigenvalue weighted by Crippen LogP contribution is 2.24. The molecule has 1 saturated heterocycles. The molecule has 2 amide bonds. The van der Waals surface area contributed by atoms with Gasteiger partial charge in [-0.25, -0.2) is 4.79 Å². The molecule has 1 aliphatic carbocycles. The van der Waals surface area contributed by atoms with Crippen LogP contribution in [-0.2, 0) is 6.42 Å². The van der Waals surface area contributed by atoms with Crippen LogP contribution in [0.2, 0.25) is 0 Å². The number of urea groups is 1. The van der Waals surface area contributed by atoms with Gasteiger partial charge in [0, 0.05) is 39.3 Å². The third kappa shape index (κ3) is 5.90. The Kier molecular flexibility index (Phi) is 7.18. The van der Waals surface area contributed by atoms with Crippen molar-refractivity contribution >= 4 is 6.03 Å². The summed E-state index contributed by atoms with van der Waals surface area (Å²) in [5.74, 6) is 1.17. The Balaban J connectivity index is 1.29. The fraction of sp³-hybridized carbons (Fsp3) is 0.667. The number of hydrogen-bond acceptors (Lipinski definition) is 3.